The summed E-state index contributed by atoms with van der Waals surface area (Å²) in [7, 11) is 4.28. The number of unbranched alkanes of at least 4 members (excludes halogenated alkanes) is 18. The molecular weight excluding hydrogens is 645 g/mol. The number of likely N-dealkylation sites (N-methyl/N-ethyl adjacent to an activating group) is 1. The number of hydrogen-bond donors (Lipinski definition) is 0. The fourth-order valence-corrected chi connectivity index (χ4v) is 7.22. The van der Waals surface area contributed by atoms with E-state index in [1.54, 1.807) is 0 Å². The highest BCUT2D eigenvalue weighted by molar-refractivity contribution is 5.69. The maximum absolute atomic E-state index is 12.6. The highest BCUT2D eigenvalue weighted by atomic mass is 16.5. The van der Waals surface area contributed by atoms with Gasteiger partial charge in [0.15, 0.2) is 0 Å². The summed E-state index contributed by atoms with van der Waals surface area (Å²) in [6.45, 7) is 14.5. The number of carbonyl (C=O) groups excluding carboxylic acids is 2. The van der Waals surface area contributed by atoms with Crippen molar-refractivity contribution in [2.45, 2.75) is 220 Å². The average molecular weight is 737 g/mol. The molecule has 0 spiro atoms. The van der Waals surface area contributed by atoms with Crippen molar-refractivity contribution in [3.05, 3.63) is 0 Å². The van der Waals surface area contributed by atoms with E-state index in [1.807, 2.05) is 0 Å². The molecule has 0 rings (SSSR count). The minimum Gasteiger partial charge on any atom is -0.465 e. The summed E-state index contributed by atoms with van der Waals surface area (Å²) in [6.07, 6.45) is 35.5. The van der Waals surface area contributed by atoms with Crippen molar-refractivity contribution in [1.82, 2.24) is 9.80 Å². The first-order valence-corrected chi connectivity index (χ1v) is 23.0. The summed E-state index contributed by atoms with van der Waals surface area (Å²) in [5.41, 5.74) is 0. The number of rotatable bonds is 41. The predicted molar refractivity (Wildman–Crippen MR) is 225 cm³/mol. The lowest BCUT2D eigenvalue weighted by Gasteiger charge is -2.24. The summed E-state index contributed by atoms with van der Waals surface area (Å²) >= 11 is 0. The lowest BCUT2D eigenvalue weighted by Crippen LogP contribution is -2.33. The molecule has 310 valence electrons. The molecule has 0 heterocycles. The molecular formula is C46H92N2O4. The third-order valence-electron chi connectivity index (χ3n) is 10.9. The van der Waals surface area contributed by atoms with Crippen LogP contribution < -0.4 is 0 Å². The second-order valence-electron chi connectivity index (χ2n) is 16.5. The first-order chi connectivity index (χ1) is 25.4. The van der Waals surface area contributed by atoms with Crippen LogP contribution in [0.1, 0.15) is 220 Å². The van der Waals surface area contributed by atoms with Gasteiger partial charge in [-0.2, -0.15) is 0 Å². The van der Waals surface area contributed by atoms with Gasteiger partial charge in [0, 0.05) is 25.9 Å². The summed E-state index contributed by atoms with van der Waals surface area (Å²) in [4.78, 5) is 30.0. The minimum absolute atomic E-state index is 0.000960. The standard InChI is InChI=1S/C46H92N2O4/c1-7-11-15-19-20-26-34-44(33-25-18-14-10-4)42-52-46(50)36-28-22-30-38-48(40-39-47(5)6)37-29-21-27-35-45(49)51-41-43(31-23-16-12-8-2)32-24-17-13-9-3/h43-44H,7-42H2,1-6H3. The maximum atomic E-state index is 12.6. The van der Waals surface area contributed by atoms with Crippen molar-refractivity contribution in [1.29, 1.82) is 0 Å². The molecule has 0 saturated heterocycles. The second-order valence-corrected chi connectivity index (χ2v) is 16.5. The fourth-order valence-electron chi connectivity index (χ4n) is 7.22. The average Bonchev–Trinajstić information content (AvgIpc) is 3.13. The van der Waals surface area contributed by atoms with Crippen LogP contribution in [0.4, 0.5) is 0 Å². The number of esters is 2. The molecule has 0 aliphatic heterocycles. The molecule has 0 bridgehead atoms. The van der Waals surface area contributed by atoms with Gasteiger partial charge in [0.1, 0.15) is 0 Å². The Morgan fingerprint density at radius 1 is 0.404 bits per heavy atom. The van der Waals surface area contributed by atoms with E-state index >= 15 is 0 Å². The van der Waals surface area contributed by atoms with E-state index in [1.165, 1.54) is 141 Å². The van der Waals surface area contributed by atoms with Crippen molar-refractivity contribution in [2.24, 2.45) is 11.8 Å². The van der Waals surface area contributed by atoms with Crippen molar-refractivity contribution in [2.75, 3.05) is 53.5 Å². The molecule has 52 heavy (non-hydrogen) atoms. The Hall–Kier alpha value is -1.14. The Bertz CT molecular complexity index is 749. The zero-order valence-corrected chi connectivity index (χ0v) is 36.1. The van der Waals surface area contributed by atoms with E-state index in [0.29, 0.717) is 37.9 Å². The van der Waals surface area contributed by atoms with E-state index in [4.69, 9.17) is 9.47 Å². The summed E-state index contributed by atoms with van der Waals surface area (Å²) in [5.74, 6) is 1.06. The van der Waals surface area contributed by atoms with Crippen molar-refractivity contribution in [3.63, 3.8) is 0 Å². The molecule has 0 aromatic heterocycles. The third-order valence-corrected chi connectivity index (χ3v) is 10.9. The highest BCUT2D eigenvalue weighted by Crippen LogP contribution is 2.21. The van der Waals surface area contributed by atoms with Gasteiger partial charge in [-0.15, -0.1) is 0 Å². The van der Waals surface area contributed by atoms with E-state index in [9.17, 15) is 9.59 Å². The zero-order valence-electron chi connectivity index (χ0n) is 36.1. The minimum atomic E-state index is -0.00425. The molecule has 0 aliphatic carbocycles. The van der Waals surface area contributed by atoms with Gasteiger partial charge in [0.05, 0.1) is 13.2 Å². The fraction of sp³-hybridized carbons (Fsp3) is 0.957. The largest absolute Gasteiger partial charge is 0.465 e. The Morgan fingerprint density at radius 2 is 0.731 bits per heavy atom. The van der Waals surface area contributed by atoms with Gasteiger partial charge in [-0.3, -0.25) is 9.59 Å². The lowest BCUT2D eigenvalue weighted by atomic mass is 9.95. The van der Waals surface area contributed by atoms with Crippen LogP contribution in [0.5, 0.6) is 0 Å². The van der Waals surface area contributed by atoms with E-state index < -0.39 is 0 Å². The molecule has 6 nitrogen and oxygen atoms in total. The van der Waals surface area contributed by atoms with Crippen LogP contribution in [0.3, 0.4) is 0 Å². The number of nitrogens with zero attached hydrogens (tertiary/aromatic N) is 2. The molecule has 0 N–H and O–H groups in total. The van der Waals surface area contributed by atoms with Crippen LogP contribution >= 0.6 is 0 Å². The SMILES string of the molecule is CCCCCCCCC(CCCCCC)COC(=O)CCCCCN(CCCCCC(=O)OCC(CCCCCC)CCCCCC)CCN(C)C. The van der Waals surface area contributed by atoms with Crippen LogP contribution in [0.15, 0.2) is 0 Å². The van der Waals surface area contributed by atoms with Gasteiger partial charge in [0.2, 0.25) is 0 Å². The first kappa shape index (κ1) is 50.9. The molecule has 0 fully saturated rings. The predicted octanol–water partition coefficient (Wildman–Crippen LogP) is 13.0. The highest BCUT2D eigenvalue weighted by Gasteiger charge is 2.14. The van der Waals surface area contributed by atoms with Crippen molar-refractivity contribution < 1.29 is 19.1 Å². The van der Waals surface area contributed by atoms with Crippen LogP contribution in [0.25, 0.3) is 0 Å². The normalized spacial score (nSPS) is 12.3. The number of ether oxygens (including phenoxy) is 2. The molecule has 0 radical (unpaired) electrons. The molecule has 0 aliphatic rings. The van der Waals surface area contributed by atoms with Gasteiger partial charge < -0.3 is 19.3 Å². The molecule has 1 unspecified atom stereocenters. The molecule has 0 amide bonds. The Morgan fingerprint density at radius 3 is 1.10 bits per heavy atom. The summed E-state index contributed by atoms with van der Waals surface area (Å²) < 4.78 is 11.6. The topological polar surface area (TPSA) is 59.1 Å². The van der Waals surface area contributed by atoms with E-state index in [-0.39, 0.29) is 11.9 Å². The second kappa shape index (κ2) is 39.6. The van der Waals surface area contributed by atoms with Crippen LogP contribution in [0, 0.1) is 11.8 Å². The van der Waals surface area contributed by atoms with Crippen molar-refractivity contribution in [3.8, 4) is 0 Å². The smallest absolute Gasteiger partial charge is 0.305 e. The van der Waals surface area contributed by atoms with Gasteiger partial charge in [0.25, 0.3) is 0 Å². The lowest BCUT2D eigenvalue weighted by molar-refractivity contribution is -0.146. The third kappa shape index (κ3) is 35.9. The van der Waals surface area contributed by atoms with Gasteiger partial charge in [-0.25, -0.2) is 0 Å². The Kier molecular flexibility index (Phi) is 38.7. The first-order valence-electron chi connectivity index (χ1n) is 23.0. The zero-order chi connectivity index (χ0) is 38.3. The van der Waals surface area contributed by atoms with E-state index in [0.717, 1.165) is 64.7 Å². The van der Waals surface area contributed by atoms with Crippen molar-refractivity contribution >= 4 is 11.9 Å². The Balaban J connectivity index is 4.37. The van der Waals surface area contributed by atoms with Crippen LogP contribution in [-0.2, 0) is 19.1 Å². The summed E-state index contributed by atoms with van der Waals surface area (Å²) in [5, 5.41) is 0. The molecule has 6 heteroatoms. The van der Waals surface area contributed by atoms with Crippen LogP contribution in [0.2, 0.25) is 0 Å². The monoisotopic (exact) mass is 737 g/mol. The van der Waals surface area contributed by atoms with Gasteiger partial charge in [-0.05, 0) is 90.4 Å². The molecule has 0 aromatic rings. The molecule has 0 aromatic carbocycles. The van der Waals surface area contributed by atoms with E-state index in [2.05, 4.69) is 51.6 Å². The Labute approximate surface area is 325 Å². The quantitative estimate of drug-likeness (QED) is 0.0460. The molecule has 1 atom stereocenters. The number of carbonyl (C=O) groups is 2. The van der Waals surface area contributed by atoms with Gasteiger partial charge in [-0.1, -0.05) is 156 Å². The number of hydrogen-bond acceptors (Lipinski definition) is 6. The molecule has 0 saturated carbocycles. The maximum Gasteiger partial charge on any atom is 0.305 e. The summed E-state index contributed by atoms with van der Waals surface area (Å²) in [6, 6.07) is 0. The van der Waals surface area contributed by atoms with Gasteiger partial charge >= 0.3 is 11.9 Å². The van der Waals surface area contributed by atoms with Crippen LogP contribution in [-0.4, -0.2) is 75.2 Å².